The fraction of sp³-hybridized carbons (Fsp3) is 0.143. The molecule has 2 aromatic carbocycles. The highest BCUT2D eigenvalue weighted by molar-refractivity contribution is 7.99. The summed E-state index contributed by atoms with van der Waals surface area (Å²) in [5.41, 5.74) is 2.70. The molecular weight excluding hydrogens is 465 g/mol. The first kappa shape index (κ1) is 22.6. The zero-order valence-electron chi connectivity index (χ0n) is 17.4. The molecule has 2 heterocycles. The molecule has 0 aliphatic rings. The smallest absolute Gasteiger partial charge is 0.236 e. The number of tetrazole rings is 1. The number of amides is 2. The van der Waals surface area contributed by atoms with Crippen LogP contribution in [0.3, 0.4) is 0 Å². The van der Waals surface area contributed by atoms with E-state index in [-0.39, 0.29) is 23.4 Å². The van der Waals surface area contributed by atoms with E-state index in [1.165, 1.54) is 39.9 Å². The highest BCUT2D eigenvalue weighted by atomic mass is 32.2. The number of benzene rings is 2. The Morgan fingerprint density at radius 3 is 2.73 bits per heavy atom. The molecule has 0 unspecified atom stereocenters. The minimum Gasteiger partial charge on any atom is -0.326 e. The van der Waals surface area contributed by atoms with Crippen molar-refractivity contribution in [2.75, 3.05) is 16.4 Å². The summed E-state index contributed by atoms with van der Waals surface area (Å²) in [4.78, 5) is 28.4. The van der Waals surface area contributed by atoms with Crippen LogP contribution in [0.1, 0.15) is 13.3 Å². The van der Waals surface area contributed by atoms with Gasteiger partial charge in [-0.3, -0.25) is 9.59 Å². The van der Waals surface area contributed by atoms with Crippen LogP contribution in [-0.4, -0.2) is 42.8 Å². The summed E-state index contributed by atoms with van der Waals surface area (Å²) in [5.74, 6) is -0.615. The van der Waals surface area contributed by atoms with Crippen LogP contribution in [0.25, 0.3) is 16.9 Å². The molecule has 0 saturated heterocycles. The van der Waals surface area contributed by atoms with Gasteiger partial charge in [0.05, 0.1) is 17.1 Å². The van der Waals surface area contributed by atoms with Gasteiger partial charge >= 0.3 is 0 Å². The number of nitrogens with one attached hydrogen (secondary N) is 2. The molecule has 33 heavy (non-hydrogen) atoms. The third kappa shape index (κ3) is 5.79. The number of anilines is 2. The molecule has 0 radical (unpaired) electrons. The second kappa shape index (κ2) is 10.3. The van der Waals surface area contributed by atoms with Gasteiger partial charge in [0.15, 0.2) is 5.13 Å². The fourth-order valence-corrected chi connectivity index (χ4v) is 4.19. The molecule has 0 aliphatic heterocycles. The van der Waals surface area contributed by atoms with Crippen molar-refractivity contribution in [2.45, 2.75) is 18.5 Å². The quantitative estimate of drug-likeness (QED) is 0.364. The standard InChI is InChI=1S/C21H18FN7O2S2/c1-2-18(30)23-15-4-3-5-16(10-15)29-21(26-27-28-29)33-12-19(31)25-20-24-17(11-32-20)13-6-8-14(22)9-7-13/h3-11H,2,12H2,1H3,(H,23,30)(H,24,25,31). The Labute approximate surface area is 196 Å². The molecule has 0 aliphatic carbocycles. The molecule has 0 saturated carbocycles. The van der Waals surface area contributed by atoms with Crippen molar-refractivity contribution >= 4 is 45.7 Å². The average molecular weight is 484 g/mol. The number of hydrogen-bond acceptors (Lipinski definition) is 8. The predicted octanol–water partition coefficient (Wildman–Crippen LogP) is 4.00. The third-order valence-corrected chi connectivity index (χ3v) is 6.04. The van der Waals surface area contributed by atoms with Crippen LogP contribution in [0.4, 0.5) is 15.2 Å². The third-order valence-electron chi connectivity index (χ3n) is 4.36. The van der Waals surface area contributed by atoms with Crippen LogP contribution in [0, 0.1) is 5.82 Å². The summed E-state index contributed by atoms with van der Waals surface area (Å²) in [7, 11) is 0. The maximum atomic E-state index is 13.1. The second-order valence-corrected chi connectivity index (χ2v) is 8.51. The molecule has 0 atom stereocenters. The van der Waals surface area contributed by atoms with Gasteiger partial charge in [-0.05, 0) is 52.9 Å². The molecular formula is C21H18FN7O2S2. The van der Waals surface area contributed by atoms with Crippen molar-refractivity contribution in [2.24, 2.45) is 0 Å². The SMILES string of the molecule is CCC(=O)Nc1cccc(-n2nnnc2SCC(=O)Nc2nc(-c3ccc(F)cc3)cs2)c1. The van der Waals surface area contributed by atoms with E-state index in [9.17, 15) is 14.0 Å². The van der Waals surface area contributed by atoms with E-state index in [1.807, 2.05) is 0 Å². The maximum Gasteiger partial charge on any atom is 0.236 e. The lowest BCUT2D eigenvalue weighted by Crippen LogP contribution is -2.14. The van der Waals surface area contributed by atoms with Crippen LogP contribution in [0.2, 0.25) is 0 Å². The van der Waals surface area contributed by atoms with Crippen molar-refractivity contribution in [1.82, 2.24) is 25.2 Å². The van der Waals surface area contributed by atoms with Crippen molar-refractivity contribution < 1.29 is 14.0 Å². The molecule has 0 bridgehead atoms. The molecule has 2 amide bonds. The van der Waals surface area contributed by atoms with E-state index in [1.54, 1.807) is 48.7 Å². The topological polar surface area (TPSA) is 115 Å². The van der Waals surface area contributed by atoms with Crippen LogP contribution in [0.15, 0.2) is 59.1 Å². The van der Waals surface area contributed by atoms with E-state index in [4.69, 9.17) is 0 Å². The highest BCUT2D eigenvalue weighted by Gasteiger charge is 2.14. The van der Waals surface area contributed by atoms with Gasteiger partial charge in [-0.1, -0.05) is 24.8 Å². The summed E-state index contributed by atoms with van der Waals surface area (Å²) in [5, 5.41) is 19.9. The molecule has 0 fully saturated rings. The lowest BCUT2D eigenvalue weighted by atomic mass is 10.2. The zero-order valence-corrected chi connectivity index (χ0v) is 19.0. The summed E-state index contributed by atoms with van der Waals surface area (Å²) < 4.78 is 14.6. The highest BCUT2D eigenvalue weighted by Crippen LogP contribution is 2.26. The maximum absolute atomic E-state index is 13.1. The van der Waals surface area contributed by atoms with Gasteiger partial charge in [0, 0.05) is 23.1 Å². The monoisotopic (exact) mass is 483 g/mol. The first-order valence-corrected chi connectivity index (χ1v) is 11.7. The molecule has 2 aromatic heterocycles. The van der Waals surface area contributed by atoms with Crippen LogP contribution >= 0.6 is 23.1 Å². The number of thiazole rings is 1. The number of hydrogen-bond donors (Lipinski definition) is 2. The molecule has 12 heteroatoms. The summed E-state index contributed by atoms with van der Waals surface area (Å²) in [6.07, 6.45) is 0.371. The summed E-state index contributed by atoms with van der Waals surface area (Å²) in [6, 6.07) is 13.1. The lowest BCUT2D eigenvalue weighted by Gasteiger charge is -2.07. The largest absolute Gasteiger partial charge is 0.326 e. The zero-order chi connectivity index (χ0) is 23.2. The van der Waals surface area contributed by atoms with E-state index in [0.717, 1.165) is 5.56 Å². The van der Waals surface area contributed by atoms with Crippen LogP contribution in [0.5, 0.6) is 0 Å². The van der Waals surface area contributed by atoms with Gasteiger partial charge in [-0.25, -0.2) is 9.37 Å². The number of halogens is 1. The van der Waals surface area contributed by atoms with Gasteiger partial charge in [-0.15, -0.1) is 16.4 Å². The Balaban J connectivity index is 1.38. The molecule has 9 nitrogen and oxygen atoms in total. The van der Waals surface area contributed by atoms with Crippen molar-refractivity contribution in [3.63, 3.8) is 0 Å². The number of thioether (sulfide) groups is 1. The van der Waals surface area contributed by atoms with Crippen molar-refractivity contribution in [3.05, 3.63) is 59.7 Å². The van der Waals surface area contributed by atoms with Gasteiger partial charge in [-0.2, -0.15) is 4.68 Å². The number of aromatic nitrogens is 5. The lowest BCUT2D eigenvalue weighted by molar-refractivity contribution is -0.116. The second-order valence-electron chi connectivity index (χ2n) is 6.71. The summed E-state index contributed by atoms with van der Waals surface area (Å²) >= 11 is 2.45. The number of carbonyl (C=O) groups is 2. The first-order valence-electron chi connectivity index (χ1n) is 9.84. The molecule has 2 N–H and O–H groups in total. The molecule has 4 aromatic rings. The Kier molecular flexibility index (Phi) is 7.05. The Morgan fingerprint density at radius 1 is 1.12 bits per heavy atom. The fourth-order valence-electron chi connectivity index (χ4n) is 2.77. The predicted molar refractivity (Wildman–Crippen MR) is 125 cm³/mol. The normalized spacial score (nSPS) is 10.7. The van der Waals surface area contributed by atoms with Gasteiger partial charge in [0.25, 0.3) is 0 Å². The van der Waals surface area contributed by atoms with E-state index in [2.05, 4.69) is 31.1 Å². The summed E-state index contributed by atoms with van der Waals surface area (Å²) in [6.45, 7) is 1.77. The number of rotatable bonds is 8. The molecule has 168 valence electrons. The van der Waals surface area contributed by atoms with E-state index in [0.29, 0.717) is 33.8 Å². The van der Waals surface area contributed by atoms with Gasteiger partial charge in [0.2, 0.25) is 17.0 Å². The van der Waals surface area contributed by atoms with Gasteiger partial charge in [0.1, 0.15) is 5.82 Å². The van der Waals surface area contributed by atoms with Crippen LogP contribution < -0.4 is 10.6 Å². The number of nitrogens with zero attached hydrogens (tertiary/aromatic N) is 5. The average Bonchev–Trinajstić information content (AvgIpc) is 3.48. The Bertz CT molecular complexity index is 1270. The van der Waals surface area contributed by atoms with Gasteiger partial charge < -0.3 is 10.6 Å². The van der Waals surface area contributed by atoms with E-state index >= 15 is 0 Å². The molecule has 0 spiro atoms. The first-order chi connectivity index (χ1) is 16.0. The van der Waals surface area contributed by atoms with Crippen molar-refractivity contribution in [3.8, 4) is 16.9 Å². The minimum absolute atomic E-state index is 0.0676. The van der Waals surface area contributed by atoms with Crippen molar-refractivity contribution in [1.29, 1.82) is 0 Å². The number of carbonyl (C=O) groups excluding carboxylic acids is 2. The van der Waals surface area contributed by atoms with Crippen LogP contribution in [-0.2, 0) is 9.59 Å². The van der Waals surface area contributed by atoms with E-state index < -0.39 is 0 Å². The minimum atomic E-state index is -0.320. The molecule has 4 rings (SSSR count). The Morgan fingerprint density at radius 2 is 1.94 bits per heavy atom. The Hall–Kier alpha value is -3.64.